The molecule has 0 aromatic heterocycles. The van der Waals surface area contributed by atoms with Crippen LogP contribution >= 0.6 is 0 Å². The second kappa shape index (κ2) is 9.98. The molecule has 0 aliphatic heterocycles. The van der Waals surface area contributed by atoms with Gasteiger partial charge in [-0.1, -0.05) is 19.9 Å². The van der Waals surface area contributed by atoms with E-state index in [4.69, 9.17) is 9.47 Å². The lowest BCUT2D eigenvalue weighted by atomic mass is 10.1. The highest BCUT2D eigenvalue weighted by Gasteiger charge is 2.12. The molecule has 0 heterocycles. The molecule has 5 heteroatoms. The van der Waals surface area contributed by atoms with E-state index >= 15 is 0 Å². The normalized spacial score (nSPS) is 12.9. The molecule has 0 bridgehead atoms. The Morgan fingerprint density at radius 1 is 1.09 bits per heavy atom. The van der Waals surface area contributed by atoms with E-state index in [0.717, 1.165) is 29.6 Å². The van der Waals surface area contributed by atoms with E-state index in [1.807, 2.05) is 26.0 Å². The summed E-state index contributed by atoms with van der Waals surface area (Å²) in [5.41, 5.74) is 1.13. The highest BCUT2D eigenvalue weighted by molar-refractivity contribution is 5.80. The van der Waals surface area contributed by atoms with Crippen LogP contribution in [0.2, 0.25) is 0 Å². The maximum absolute atomic E-state index is 5.69. The van der Waals surface area contributed by atoms with Gasteiger partial charge in [-0.3, -0.25) is 4.99 Å². The number of aliphatic imine (C=N–C) groups is 1. The highest BCUT2D eigenvalue weighted by Crippen LogP contribution is 2.30. The summed E-state index contributed by atoms with van der Waals surface area (Å²) in [7, 11) is 1.78. The third kappa shape index (κ3) is 6.38. The summed E-state index contributed by atoms with van der Waals surface area (Å²) in [6, 6.07) is 6.16. The summed E-state index contributed by atoms with van der Waals surface area (Å²) in [4.78, 5) is 4.27. The summed E-state index contributed by atoms with van der Waals surface area (Å²) >= 11 is 0. The molecule has 130 valence electrons. The Hall–Kier alpha value is -1.91. The summed E-state index contributed by atoms with van der Waals surface area (Å²) in [5, 5.41) is 6.73. The third-order valence-corrected chi connectivity index (χ3v) is 3.32. The Bertz CT molecular complexity index is 501. The Morgan fingerprint density at radius 3 is 2.30 bits per heavy atom. The van der Waals surface area contributed by atoms with Gasteiger partial charge in [-0.2, -0.15) is 0 Å². The maximum Gasteiger partial charge on any atom is 0.191 e. The zero-order chi connectivity index (χ0) is 17.2. The molecule has 0 radical (unpaired) electrons. The van der Waals surface area contributed by atoms with Crippen molar-refractivity contribution in [1.29, 1.82) is 0 Å². The monoisotopic (exact) mass is 321 g/mol. The second-order valence-electron chi connectivity index (χ2n) is 5.79. The third-order valence-electron chi connectivity index (χ3n) is 3.32. The summed E-state index contributed by atoms with van der Waals surface area (Å²) in [6.07, 6.45) is 0. The number of benzene rings is 1. The summed E-state index contributed by atoms with van der Waals surface area (Å²) < 4.78 is 11.3. The number of guanidine groups is 1. The number of nitrogens with zero attached hydrogens (tertiary/aromatic N) is 1. The van der Waals surface area contributed by atoms with Crippen LogP contribution < -0.4 is 20.1 Å². The van der Waals surface area contributed by atoms with Gasteiger partial charge in [-0.05, 0) is 44.4 Å². The molecule has 0 fully saturated rings. The van der Waals surface area contributed by atoms with Crippen LogP contribution in [0.5, 0.6) is 11.5 Å². The molecule has 0 aliphatic rings. The van der Waals surface area contributed by atoms with E-state index in [1.54, 1.807) is 7.05 Å². The predicted octanol–water partition coefficient (Wildman–Crippen LogP) is 3.37. The SMILES string of the molecule is CCOc1ccc(C(C)NC(=NC)NCC(C)C)cc1OCC. The number of hydrogen-bond donors (Lipinski definition) is 2. The van der Waals surface area contributed by atoms with Crippen LogP contribution in [0.4, 0.5) is 0 Å². The van der Waals surface area contributed by atoms with Crippen molar-refractivity contribution in [2.24, 2.45) is 10.9 Å². The largest absolute Gasteiger partial charge is 0.490 e. The molecule has 1 aromatic carbocycles. The van der Waals surface area contributed by atoms with Gasteiger partial charge in [0.2, 0.25) is 0 Å². The Labute approximate surface area is 140 Å². The van der Waals surface area contributed by atoms with Crippen molar-refractivity contribution in [3.8, 4) is 11.5 Å². The van der Waals surface area contributed by atoms with Crippen LogP contribution in [0, 0.1) is 5.92 Å². The fourth-order valence-electron chi connectivity index (χ4n) is 2.12. The molecule has 5 nitrogen and oxygen atoms in total. The first-order valence-corrected chi connectivity index (χ1v) is 8.38. The van der Waals surface area contributed by atoms with E-state index in [9.17, 15) is 0 Å². The van der Waals surface area contributed by atoms with Crippen molar-refractivity contribution in [3.05, 3.63) is 23.8 Å². The van der Waals surface area contributed by atoms with Crippen LogP contribution in [0.3, 0.4) is 0 Å². The van der Waals surface area contributed by atoms with Crippen molar-refractivity contribution < 1.29 is 9.47 Å². The highest BCUT2D eigenvalue weighted by atomic mass is 16.5. The molecule has 1 atom stereocenters. The topological polar surface area (TPSA) is 54.9 Å². The van der Waals surface area contributed by atoms with Gasteiger partial charge in [0.05, 0.1) is 19.3 Å². The zero-order valence-electron chi connectivity index (χ0n) is 15.3. The Morgan fingerprint density at radius 2 is 1.74 bits per heavy atom. The van der Waals surface area contributed by atoms with Crippen LogP contribution in [-0.2, 0) is 0 Å². The van der Waals surface area contributed by atoms with Crippen molar-refractivity contribution in [3.63, 3.8) is 0 Å². The van der Waals surface area contributed by atoms with E-state index in [2.05, 4.69) is 42.5 Å². The molecule has 1 rings (SSSR count). The van der Waals surface area contributed by atoms with Gasteiger partial charge in [0, 0.05) is 13.6 Å². The zero-order valence-corrected chi connectivity index (χ0v) is 15.3. The van der Waals surface area contributed by atoms with Gasteiger partial charge in [-0.25, -0.2) is 0 Å². The van der Waals surface area contributed by atoms with E-state index < -0.39 is 0 Å². The average molecular weight is 321 g/mol. The molecule has 2 N–H and O–H groups in total. The molecule has 1 aromatic rings. The van der Waals surface area contributed by atoms with Crippen molar-refractivity contribution in [1.82, 2.24) is 10.6 Å². The number of rotatable bonds is 8. The van der Waals surface area contributed by atoms with Gasteiger partial charge in [-0.15, -0.1) is 0 Å². The molecule has 1 unspecified atom stereocenters. The Kier molecular flexibility index (Phi) is 8.30. The van der Waals surface area contributed by atoms with Crippen molar-refractivity contribution in [2.45, 2.75) is 40.7 Å². The minimum absolute atomic E-state index is 0.114. The maximum atomic E-state index is 5.69. The lowest BCUT2D eigenvalue weighted by Gasteiger charge is -2.20. The second-order valence-corrected chi connectivity index (χ2v) is 5.79. The molecule has 0 saturated carbocycles. The number of ether oxygens (including phenoxy) is 2. The van der Waals surface area contributed by atoms with Crippen LogP contribution in [0.25, 0.3) is 0 Å². The predicted molar refractivity (Wildman–Crippen MR) is 96.5 cm³/mol. The van der Waals surface area contributed by atoms with Crippen LogP contribution in [0.15, 0.2) is 23.2 Å². The lowest BCUT2D eigenvalue weighted by Crippen LogP contribution is -2.40. The number of hydrogen-bond acceptors (Lipinski definition) is 3. The van der Waals surface area contributed by atoms with E-state index in [1.165, 1.54) is 0 Å². The molecular formula is C18H31N3O2. The van der Waals surface area contributed by atoms with Crippen molar-refractivity contribution in [2.75, 3.05) is 26.8 Å². The quantitative estimate of drug-likeness (QED) is 0.569. The van der Waals surface area contributed by atoms with Crippen molar-refractivity contribution >= 4 is 5.96 Å². The molecule has 0 aliphatic carbocycles. The molecule has 0 spiro atoms. The Balaban J connectivity index is 2.81. The molecule has 0 saturated heterocycles. The standard InChI is InChI=1S/C18H31N3O2/c1-7-22-16-10-9-15(11-17(16)23-8-2)14(5)21-18(19-6)20-12-13(3)4/h9-11,13-14H,7-8,12H2,1-6H3,(H2,19,20,21). The molecular weight excluding hydrogens is 290 g/mol. The molecule has 23 heavy (non-hydrogen) atoms. The van der Waals surface area contributed by atoms with Crippen LogP contribution in [-0.4, -0.2) is 32.8 Å². The minimum atomic E-state index is 0.114. The van der Waals surface area contributed by atoms with Gasteiger partial charge >= 0.3 is 0 Å². The van der Waals surface area contributed by atoms with E-state index in [-0.39, 0.29) is 6.04 Å². The summed E-state index contributed by atoms with van der Waals surface area (Å²) in [6.45, 7) is 12.5. The van der Waals surface area contributed by atoms with E-state index in [0.29, 0.717) is 19.1 Å². The van der Waals surface area contributed by atoms with Gasteiger partial charge < -0.3 is 20.1 Å². The van der Waals surface area contributed by atoms with Crippen LogP contribution in [0.1, 0.15) is 46.2 Å². The molecule has 0 amide bonds. The van der Waals surface area contributed by atoms with Gasteiger partial charge in [0.25, 0.3) is 0 Å². The number of nitrogens with one attached hydrogen (secondary N) is 2. The first-order valence-electron chi connectivity index (χ1n) is 8.38. The summed E-state index contributed by atoms with van der Waals surface area (Å²) in [5.74, 6) is 2.94. The first-order chi connectivity index (χ1) is 11.0. The van der Waals surface area contributed by atoms with Gasteiger partial charge in [0.15, 0.2) is 17.5 Å². The lowest BCUT2D eigenvalue weighted by molar-refractivity contribution is 0.287. The van der Waals surface area contributed by atoms with Gasteiger partial charge in [0.1, 0.15) is 0 Å². The fraction of sp³-hybridized carbons (Fsp3) is 0.611. The smallest absolute Gasteiger partial charge is 0.191 e. The minimum Gasteiger partial charge on any atom is -0.490 e. The first kappa shape index (κ1) is 19.1. The fourth-order valence-corrected chi connectivity index (χ4v) is 2.12. The average Bonchev–Trinajstić information content (AvgIpc) is 2.53.